The van der Waals surface area contributed by atoms with Crippen molar-refractivity contribution in [2.75, 3.05) is 6.61 Å². The molecule has 0 saturated carbocycles. The Morgan fingerprint density at radius 3 is 3.06 bits per heavy atom. The van der Waals surface area contributed by atoms with Crippen LogP contribution in [0.2, 0.25) is 0 Å². The highest BCUT2D eigenvalue weighted by Crippen LogP contribution is 2.28. The number of cyclic esters (lactones) is 1. The van der Waals surface area contributed by atoms with Crippen LogP contribution >= 0.6 is 24.0 Å². The number of hydrogen-bond donors (Lipinski definition) is 1. The molecule has 1 aliphatic rings. The summed E-state index contributed by atoms with van der Waals surface area (Å²) in [5.74, 6) is -0.172. The van der Waals surface area contributed by atoms with Crippen LogP contribution in [0.4, 0.5) is 0 Å². The lowest BCUT2D eigenvalue weighted by Crippen LogP contribution is -2.10. The molecule has 0 bridgehead atoms. The van der Waals surface area contributed by atoms with Crippen LogP contribution in [0.1, 0.15) is 6.42 Å². The maximum Gasteiger partial charge on any atom is 0.319 e. The molecule has 0 radical (unpaired) electrons. The second-order valence-corrected chi connectivity index (χ2v) is 5.53. The van der Waals surface area contributed by atoms with E-state index in [1.165, 1.54) is 11.8 Å². The Kier molecular flexibility index (Phi) is 3.05. The molecule has 1 unspecified atom stereocenters. The van der Waals surface area contributed by atoms with Crippen molar-refractivity contribution in [2.24, 2.45) is 0 Å². The van der Waals surface area contributed by atoms with Crippen LogP contribution in [0.15, 0.2) is 29.4 Å². The zero-order valence-corrected chi connectivity index (χ0v) is 11.0. The predicted octanol–water partition coefficient (Wildman–Crippen LogP) is 2.70. The number of nitrogens with zero attached hydrogens (tertiary/aromatic N) is 1. The number of benzene rings is 1. The number of para-hydroxylation sites is 1. The Hall–Kier alpha value is -1.40. The molecule has 1 aromatic carbocycles. The zero-order chi connectivity index (χ0) is 12.5. The van der Waals surface area contributed by atoms with Gasteiger partial charge in [0.1, 0.15) is 9.89 Å². The van der Waals surface area contributed by atoms with Gasteiger partial charge in [-0.3, -0.25) is 4.79 Å². The number of ether oxygens (including phenoxy) is 1. The maximum absolute atomic E-state index is 11.4. The number of thioether (sulfide) groups is 1. The Labute approximate surface area is 113 Å². The van der Waals surface area contributed by atoms with Gasteiger partial charge in [0.2, 0.25) is 0 Å². The predicted molar refractivity (Wildman–Crippen MR) is 72.1 cm³/mol. The number of rotatable bonds is 2. The molecule has 0 amide bonds. The summed E-state index contributed by atoms with van der Waals surface area (Å²) in [5, 5.41) is 1.41. The monoisotopic (exact) mass is 278 g/mol. The van der Waals surface area contributed by atoms with Gasteiger partial charge in [0, 0.05) is 11.8 Å². The van der Waals surface area contributed by atoms with Crippen LogP contribution < -0.4 is 0 Å². The van der Waals surface area contributed by atoms with E-state index in [1.54, 1.807) is 0 Å². The van der Waals surface area contributed by atoms with E-state index in [1.807, 2.05) is 24.3 Å². The summed E-state index contributed by atoms with van der Waals surface area (Å²) in [4.78, 5) is 18.9. The minimum atomic E-state index is -0.177. The smallest absolute Gasteiger partial charge is 0.319 e. The van der Waals surface area contributed by atoms with Crippen LogP contribution in [0.5, 0.6) is 0 Å². The second kappa shape index (κ2) is 4.70. The molecule has 18 heavy (non-hydrogen) atoms. The molecule has 1 atom stereocenters. The fraction of sp³-hybridized carbons (Fsp3) is 0.250. The molecule has 6 heteroatoms. The minimum absolute atomic E-state index is 0.172. The van der Waals surface area contributed by atoms with E-state index in [2.05, 4.69) is 9.97 Å². The van der Waals surface area contributed by atoms with Crippen molar-refractivity contribution in [3.05, 3.63) is 28.9 Å². The highest BCUT2D eigenvalue weighted by molar-refractivity contribution is 8.00. The van der Waals surface area contributed by atoms with Crippen LogP contribution in [0, 0.1) is 4.64 Å². The lowest BCUT2D eigenvalue weighted by atomic mass is 10.2. The standard InChI is InChI=1S/C12H10N2O2S2/c15-11-9(5-6-16-11)18-12-13-8-4-2-1-3-7(8)10(17)14-12/h1-4,9H,5-6H2,(H,13,14,17). The zero-order valence-electron chi connectivity index (χ0n) is 9.38. The third kappa shape index (κ3) is 2.13. The highest BCUT2D eigenvalue weighted by atomic mass is 32.2. The molecule has 3 rings (SSSR count). The fourth-order valence-corrected chi connectivity index (χ4v) is 3.14. The number of fused-ring (bicyclic) bond motifs is 1. The first-order valence-corrected chi connectivity index (χ1v) is 6.85. The fourth-order valence-electron chi connectivity index (χ4n) is 1.85. The molecule has 1 saturated heterocycles. The lowest BCUT2D eigenvalue weighted by Gasteiger charge is -2.06. The Bertz CT molecular complexity index is 668. The van der Waals surface area contributed by atoms with Crippen molar-refractivity contribution in [3.8, 4) is 0 Å². The molecule has 4 nitrogen and oxygen atoms in total. The summed E-state index contributed by atoms with van der Waals surface area (Å²) in [6, 6.07) is 7.74. The molecule has 0 spiro atoms. The van der Waals surface area contributed by atoms with Gasteiger partial charge in [0.25, 0.3) is 0 Å². The van der Waals surface area contributed by atoms with E-state index in [0.29, 0.717) is 16.4 Å². The third-order valence-corrected chi connectivity index (χ3v) is 4.18. The Balaban J connectivity index is 1.98. The number of carbonyl (C=O) groups is 1. The van der Waals surface area contributed by atoms with Gasteiger partial charge in [-0.2, -0.15) is 0 Å². The first kappa shape index (κ1) is 11.7. The van der Waals surface area contributed by atoms with Gasteiger partial charge in [0.15, 0.2) is 5.16 Å². The molecule has 1 fully saturated rings. The van der Waals surface area contributed by atoms with Crippen LogP contribution in [-0.2, 0) is 9.53 Å². The molecule has 0 aliphatic carbocycles. The van der Waals surface area contributed by atoms with Crippen LogP contribution in [0.25, 0.3) is 10.9 Å². The molecular weight excluding hydrogens is 268 g/mol. The topological polar surface area (TPSA) is 55.0 Å². The van der Waals surface area contributed by atoms with E-state index >= 15 is 0 Å². The molecule has 1 aromatic heterocycles. The molecule has 2 heterocycles. The lowest BCUT2D eigenvalue weighted by molar-refractivity contribution is -0.137. The van der Waals surface area contributed by atoms with E-state index in [4.69, 9.17) is 17.0 Å². The van der Waals surface area contributed by atoms with Gasteiger partial charge in [0.05, 0.1) is 12.1 Å². The summed E-state index contributed by atoms with van der Waals surface area (Å²) in [6.07, 6.45) is 0.721. The first-order chi connectivity index (χ1) is 8.74. The average Bonchev–Trinajstić information content (AvgIpc) is 2.75. The number of aromatic amines is 1. The van der Waals surface area contributed by atoms with Crippen molar-refractivity contribution < 1.29 is 9.53 Å². The summed E-state index contributed by atoms with van der Waals surface area (Å²) in [6.45, 7) is 0.491. The van der Waals surface area contributed by atoms with Gasteiger partial charge >= 0.3 is 5.97 Å². The summed E-state index contributed by atoms with van der Waals surface area (Å²) >= 11 is 6.63. The minimum Gasteiger partial charge on any atom is -0.465 e. The molecule has 2 aromatic rings. The molecular formula is C12H10N2O2S2. The van der Waals surface area contributed by atoms with Gasteiger partial charge < -0.3 is 9.72 Å². The van der Waals surface area contributed by atoms with Crippen molar-refractivity contribution >= 4 is 40.9 Å². The van der Waals surface area contributed by atoms with Gasteiger partial charge in [-0.05, 0) is 12.1 Å². The summed E-state index contributed by atoms with van der Waals surface area (Å²) in [7, 11) is 0. The average molecular weight is 278 g/mol. The van der Waals surface area contributed by atoms with Crippen LogP contribution in [0.3, 0.4) is 0 Å². The number of H-pyrrole nitrogens is 1. The normalized spacial score (nSPS) is 19.1. The second-order valence-electron chi connectivity index (χ2n) is 3.96. The van der Waals surface area contributed by atoms with Gasteiger partial charge in [-0.15, -0.1) is 0 Å². The molecule has 1 aliphatic heterocycles. The van der Waals surface area contributed by atoms with Crippen molar-refractivity contribution in [3.63, 3.8) is 0 Å². The van der Waals surface area contributed by atoms with E-state index in [0.717, 1.165) is 17.3 Å². The Morgan fingerprint density at radius 2 is 2.28 bits per heavy atom. The number of carbonyl (C=O) groups excluding carboxylic acids is 1. The van der Waals surface area contributed by atoms with Crippen molar-refractivity contribution in [2.45, 2.75) is 16.8 Å². The van der Waals surface area contributed by atoms with E-state index in [-0.39, 0.29) is 11.2 Å². The highest BCUT2D eigenvalue weighted by Gasteiger charge is 2.28. The van der Waals surface area contributed by atoms with E-state index < -0.39 is 0 Å². The molecule has 92 valence electrons. The van der Waals surface area contributed by atoms with Gasteiger partial charge in [-0.1, -0.05) is 36.1 Å². The number of aromatic nitrogens is 2. The first-order valence-electron chi connectivity index (χ1n) is 5.56. The van der Waals surface area contributed by atoms with Crippen molar-refractivity contribution in [1.82, 2.24) is 9.97 Å². The number of nitrogens with one attached hydrogen (secondary N) is 1. The molecule has 1 N–H and O–H groups in total. The van der Waals surface area contributed by atoms with E-state index in [9.17, 15) is 4.79 Å². The van der Waals surface area contributed by atoms with Gasteiger partial charge in [-0.25, -0.2) is 4.98 Å². The quantitative estimate of drug-likeness (QED) is 0.520. The van der Waals surface area contributed by atoms with Crippen molar-refractivity contribution in [1.29, 1.82) is 0 Å². The SMILES string of the molecule is O=C1OCCC1Sc1nc(=S)c2ccccc2[nH]1. The Morgan fingerprint density at radius 1 is 1.44 bits per heavy atom. The summed E-state index contributed by atoms with van der Waals surface area (Å²) in [5.41, 5.74) is 0.936. The largest absolute Gasteiger partial charge is 0.465 e. The number of hydrogen-bond acceptors (Lipinski definition) is 5. The maximum atomic E-state index is 11.4. The van der Waals surface area contributed by atoms with Crippen LogP contribution in [-0.4, -0.2) is 27.8 Å². The number of esters is 1. The summed E-state index contributed by atoms with van der Waals surface area (Å²) < 4.78 is 5.48. The third-order valence-electron chi connectivity index (χ3n) is 2.74.